The largest absolute Gasteiger partial charge is 0.305 e. The Kier molecular flexibility index (Phi) is 3.12. The molecule has 1 atom stereocenters. The van der Waals surface area contributed by atoms with E-state index in [0.717, 1.165) is 11.6 Å². The first-order valence-corrected chi connectivity index (χ1v) is 7.04. The van der Waals surface area contributed by atoms with Crippen molar-refractivity contribution in [2.45, 2.75) is 25.3 Å². The molecular formula is C17H18ClN. The van der Waals surface area contributed by atoms with Gasteiger partial charge in [0.05, 0.1) is 6.04 Å². The molecule has 2 aromatic carbocycles. The molecule has 0 radical (unpaired) electrons. The second kappa shape index (κ2) is 4.66. The molecule has 0 fully saturated rings. The zero-order valence-corrected chi connectivity index (χ0v) is 12.0. The lowest BCUT2D eigenvalue weighted by molar-refractivity contribution is 0.407. The number of hydrogen-bond donors (Lipinski definition) is 1. The molecule has 98 valence electrons. The van der Waals surface area contributed by atoms with Crippen LogP contribution in [0.15, 0.2) is 48.5 Å². The van der Waals surface area contributed by atoms with Crippen molar-refractivity contribution in [1.82, 2.24) is 5.32 Å². The van der Waals surface area contributed by atoms with Crippen molar-refractivity contribution >= 4 is 11.6 Å². The van der Waals surface area contributed by atoms with E-state index in [9.17, 15) is 0 Å². The molecule has 1 N–H and O–H groups in total. The van der Waals surface area contributed by atoms with E-state index in [4.69, 9.17) is 11.6 Å². The van der Waals surface area contributed by atoms with Crippen LogP contribution in [-0.4, -0.2) is 6.54 Å². The number of nitrogens with one attached hydrogen (secondary N) is 1. The summed E-state index contributed by atoms with van der Waals surface area (Å²) in [5, 5.41) is 4.44. The molecule has 2 aromatic rings. The molecule has 1 heterocycles. The van der Waals surface area contributed by atoms with E-state index in [0.29, 0.717) is 0 Å². The van der Waals surface area contributed by atoms with Crippen LogP contribution >= 0.6 is 11.6 Å². The van der Waals surface area contributed by atoms with Gasteiger partial charge in [-0.15, -0.1) is 0 Å². The van der Waals surface area contributed by atoms with Gasteiger partial charge in [0.25, 0.3) is 0 Å². The van der Waals surface area contributed by atoms with Gasteiger partial charge in [-0.1, -0.05) is 61.8 Å². The number of benzene rings is 2. The third kappa shape index (κ3) is 2.29. The smallest absolute Gasteiger partial charge is 0.0580 e. The van der Waals surface area contributed by atoms with Crippen LogP contribution < -0.4 is 5.32 Å². The van der Waals surface area contributed by atoms with Crippen molar-refractivity contribution in [2.75, 3.05) is 6.54 Å². The van der Waals surface area contributed by atoms with Gasteiger partial charge in [0.15, 0.2) is 0 Å². The summed E-state index contributed by atoms with van der Waals surface area (Å²) in [7, 11) is 0. The van der Waals surface area contributed by atoms with Crippen molar-refractivity contribution in [3.8, 4) is 0 Å². The Balaban J connectivity index is 2.11. The summed E-state index contributed by atoms with van der Waals surface area (Å²) >= 11 is 6.12. The van der Waals surface area contributed by atoms with Crippen LogP contribution in [0.25, 0.3) is 0 Å². The van der Waals surface area contributed by atoms with E-state index in [1.807, 2.05) is 18.2 Å². The summed E-state index contributed by atoms with van der Waals surface area (Å²) in [6.07, 6.45) is 0. The van der Waals surface area contributed by atoms with E-state index in [-0.39, 0.29) is 11.5 Å². The third-order valence-corrected chi connectivity index (χ3v) is 4.17. The first kappa shape index (κ1) is 12.7. The molecule has 0 saturated carbocycles. The van der Waals surface area contributed by atoms with Crippen LogP contribution in [0.2, 0.25) is 5.02 Å². The SMILES string of the molecule is CC1(C)CNC(c2cccc(Cl)c2)c2ccccc21. The molecule has 0 saturated heterocycles. The van der Waals surface area contributed by atoms with Crippen LogP contribution in [0.5, 0.6) is 0 Å². The predicted molar refractivity (Wildman–Crippen MR) is 80.8 cm³/mol. The Morgan fingerprint density at radius 3 is 2.68 bits per heavy atom. The Hall–Kier alpha value is -1.31. The number of fused-ring (bicyclic) bond motifs is 1. The maximum atomic E-state index is 6.12. The molecule has 0 spiro atoms. The lowest BCUT2D eigenvalue weighted by Gasteiger charge is -2.38. The minimum absolute atomic E-state index is 0.172. The molecule has 1 aliphatic heterocycles. The normalized spacial score (nSPS) is 20.9. The maximum Gasteiger partial charge on any atom is 0.0580 e. The van der Waals surface area contributed by atoms with Gasteiger partial charge in [-0.05, 0) is 28.8 Å². The molecule has 1 nitrogen and oxygen atoms in total. The van der Waals surface area contributed by atoms with Crippen LogP contribution in [0.4, 0.5) is 0 Å². The highest BCUT2D eigenvalue weighted by Gasteiger charge is 2.32. The summed E-state index contributed by atoms with van der Waals surface area (Å²) in [6.45, 7) is 5.54. The summed E-state index contributed by atoms with van der Waals surface area (Å²) in [5.41, 5.74) is 4.20. The fraction of sp³-hybridized carbons (Fsp3) is 0.294. The van der Waals surface area contributed by atoms with Crippen LogP contribution in [0.1, 0.15) is 36.6 Å². The van der Waals surface area contributed by atoms with Gasteiger partial charge in [-0.25, -0.2) is 0 Å². The molecule has 1 unspecified atom stereocenters. The average molecular weight is 272 g/mol. The van der Waals surface area contributed by atoms with Gasteiger partial charge in [0.1, 0.15) is 0 Å². The van der Waals surface area contributed by atoms with Crippen LogP contribution in [-0.2, 0) is 5.41 Å². The van der Waals surface area contributed by atoms with E-state index >= 15 is 0 Å². The molecule has 0 amide bonds. The third-order valence-electron chi connectivity index (χ3n) is 3.93. The highest BCUT2D eigenvalue weighted by atomic mass is 35.5. The zero-order chi connectivity index (χ0) is 13.5. The standard InChI is InChI=1S/C17H18ClN/c1-17(2)11-19-16(12-6-5-7-13(18)10-12)14-8-3-4-9-15(14)17/h3-10,16,19H,11H2,1-2H3. The molecular weight excluding hydrogens is 254 g/mol. The van der Waals surface area contributed by atoms with E-state index in [1.165, 1.54) is 16.7 Å². The van der Waals surface area contributed by atoms with Gasteiger partial charge in [0, 0.05) is 17.0 Å². The van der Waals surface area contributed by atoms with E-state index in [2.05, 4.69) is 49.5 Å². The maximum absolute atomic E-state index is 6.12. The molecule has 0 aliphatic carbocycles. The molecule has 1 aliphatic rings. The highest BCUT2D eigenvalue weighted by Crippen LogP contribution is 2.37. The van der Waals surface area contributed by atoms with Gasteiger partial charge < -0.3 is 5.32 Å². The van der Waals surface area contributed by atoms with Gasteiger partial charge in [-0.2, -0.15) is 0 Å². The second-order valence-electron chi connectivity index (χ2n) is 5.84. The fourth-order valence-corrected chi connectivity index (χ4v) is 3.11. The van der Waals surface area contributed by atoms with Crippen molar-refractivity contribution in [1.29, 1.82) is 0 Å². The summed E-state index contributed by atoms with van der Waals surface area (Å²) in [5.74, 6) is 0. The monoisotopic (exact) mass is 271 g/mol. The fourth-order valence-electron chi connectivity index (χ4n) is 2.91. The lowest BCUT2D eigenvalue weighted by Crippen LogP contribution is -2.42. The lowest BCUT2D eigenvalue weighted by atomic mass is 9.75. The quantitative estimate of drug-likeness (QED) is 0.815. The zero-order valence-electron chi connectivity index (χ0n) is 11.3. The van der Waals surface area contributed by atoms with Crippen molar-refractivity contribution < 1.29 is 0 Å². The van der Waals surface area contributed by atoms with Gasteiger partial charge >= 0.3 is 0 Å². The van der Waals surface area contributed by atoms with E-state index < -0.39 is 0 Å². The van der Waals surface area contributed by atoms with Gasteiger partial charge in [-0.3, -0.25) is 0 Å². The van der Waals surface area contributed by atoms with E-state index in [1.54, 1.807) is 0 Å². The first-order valence-electron chi connectivity index (χ1n) is 6.66. The van der Waals surface area contributed by atoms with Crippen molar-refractivity contribution in [2.24, 2.45) is 0 Å². The van der Waals surface area contributed by atoms with Crippen molar-refractivity contribution in [3.05, 3.63) is 70.2 Å². The Labute approximate surface area is 119 Å². The average Bonchev–Trinajstić information content (AvgIpc) is 2.39. The highest BCUT2D eigenvalue weighted by molar-refractivity contribution is 6.30. The first-order chi connectivity index (χ1) is 9.08. The number of hydrogen-bond acceptors (Lipinski definition) is 1. The molecule has 0 aromatic heterocycles. The Morgan fingerprint density at radius 2 is 1.89 bits per heavy atom. The van der Waals surface area contributed by atoms with Crippen LogP contribution in [0.3, 0.4) is 0 Å². The minimum atomic E-state index is 0.172. The Morgan fingerprint density at radius 1 is 1.11 bits per heavy atom. The van der Waals surface area contributed by atoms with Crippen LogP contribution in [0, 0.1) is 0 Å². The Bertz CT molecular complexity index is 604. The topological polar surface area (TPSA) is 12.0 Å². The summed E-state index contributed by atoms with van der Waals surface area (Å²) < 4.78 is 0. The number of rotatable bonds is 1. The molecule has 3 rings (SSSR count). The molecule has 2 heteroatoms. The molecule has 19 heavy (non-hydrogen) atoms. The second-order valence-corrected chi connectivity index (χ2v) is 6.28. The summed E-state index contributed by atoms with van der Waals surface area (Å²) in [6, 6.07) is 17.1. The van der Waals surface area contributed by atoms with Gasteiger partial charge in [0.2, 0.25) is 0 Å². The summed E-state index contributed by atoms with van der Waals surface area (Å²) in [4.78, 5) is 0. The van der Waals surface area contributed by atoms with Crippen molar-refractivity contribution in [3.63, 3.8) is 0 Å². The molecule has 0 bridgehead atoms. The predicted octanol–water partition coefficient (Wildman–Crippen LogP) is 4.31. The number of halogens is 1. The minimum Gasteiger partial charge on any atom is -0.305 e.